The van der Waals surface area contributed by atoms with Gasteiger partial charge in [-0.1, -0.05) is 6.07 Å². The van der Waals surface area contributed by atoms with Crippen molar-refractivity contribution in [2.45, 2.75) is 19.8 Å². The van der Waals surface area contributed by atoms with Gasteiger partial charge in [-0.05, 0) is 31.9 Å². The SMILES string of the molecule is CCN1CCCc2c(OC)cccc21. The van der Waals surface area contributed by atoms with Gasteiger partial charge in [-0.2, -0.15) is 0 Å². The highest BCUT2D eigenvalue weighted by atomic mass is 16.5. The lowest BCUT2D eigenvalue weighted by Crippen LogP contribution is -2.29. The van der Waals surface area contributed by atoms with Crippen molar-refractivity contribution in [3.05, 3.63) is 23.8 Å². The van der Waals surface area contributed by atoms with Crippen LogP contribution in [-0.4, -0.2) is 20.2 Å². The van der Waals surface area contributed by atoms with E-state index >= 15 is 0 Å². The van der Waals surface area contributed by atoms with E-state index in [0.717, 1.165) is 18.7 Å². The maximum Gasteiger partial charge on any atom is 0.124 e. The van der Waals surface area contributed by atoms with Gasteiger partial charge in [0.25, 0.3) is 0 Å². The largest absolute Gasteiger partial charge is 0.496 e. The molecule has 0 saturated heterocycles. The van der Waals surface area contributed by atoms with Crippen LogP contribution in [0, 0.1) is 0 Å². The number of fused-ring (bicyclic) bond motifs is 1. The zero-order valence-corrected chi connectivity index (χ0v) is 8.92. The van der Waals surface area contributed by atoms with Gasteiger partial charge in [0.05, 0.1) is 7.11 Å². The second-order valence-corrected chi connectivity index (χ2v) is 3.64. The molecule has 0 radical (unpaired) electrons. The highest BCUT2D eigenvalue weighted by Gasteiger charge is 2.18. The van der Waals surface area contributed by atoms with Gasteiger partial charge in [0.1, 0.15) is 5.75 Å². The molecule has 0 saturated carbocycles. The lowest BCUT2D eigenvalue weighted by molar-refractivity contribution is 0.408. The van der Waals surface area contributed by atoms with Gasteiger partial charge >= 0.3 is 0 Å². The van der Waals surface area contributed by atoms with Gasteiger partial charge in [-0.15, -0.1) is 0 Å². The first-order valence-electron chi connectivity index (χ1n) is 5.27. The fourth-order valence-electron chi connectivity index (χ4n) is 2.19. The molecule has 0 atom stereocenters. The molecule has 1 aliphatic rings. The Morgan fingerprint density at radius 3 is 3.00 bits per heavy atom. The summed E-state index contributed by atoms with van der Waals surface area (Å²) in [7, 11) is 1.75. The van der Waals surface area contributed by atoms with Crippen LogP contribution in [0.2, 0.25) is 0 Å². The lowest BCUT2D eigenvalue weighted by atomic mass is 10.0. The van der Waals surface area contributed by atoms with Crippen molar-refractivity contribution in [2.75, 3.05) is 25.1 Å². The topological polar surface area (TPSA) is 12.5 Å². The third kappa shape index (κ3) is 1.45. The Labute approximate surface area is 85.5 Å². The molecule has 0 amide bonds. The second-order valence-electron chi connectivity index (χ2n) is 3.64. The Morgan fingerprint density at radius 1 is 1.43 bits per heavy atom. The van der Waals surface area contributed by atoms with Crippen LogP contribution >= 0.6 is 0 Å². The fraction of sp³-hybridized carbons (Fsp3) is 0.500. The molecule has 0 aromatic heterocycles. The number of benzene rings is 1. The van der Waals surface area contributed by atoms with Crippen molar-refractivity contribution in [1.29, 1.82) is 0 Å². The Hall–Kier alpha value is -1.18. The van der Waals surface area contributed by atoms with E-state index in [1.165, 1.54) is 24.2 Å². The summed E-state index contributed by atoms with van der Waals surface area (Å²) < 4.78 is 5.38. The number of methoxy groups -OCH3 is 1. The first-order chi connectivity index (χ1) is 6.86. The molecular weight excluding hydrogens is 174 g/mol. The van der Waals surface area contributed by atoms with Crippen molar-refractivity contribution in [2.24, 2.45) is 0 Å². The van der Waals surface area contributed by atoms with E-state index in [2.05, 4.69) is 30.0 Å². The van der Waals surface area contributed by atoms with Crippen molar-refractivity contribution >= 4 is 5.69 Å². The van der Waals surface area contributed by atoms with Crippen LogP contribution in [0.4, 0.5) is 5.69 Å². The van der Waals surface area contributed by atoms with E-state index in [-0.39, 0.29) is 0 Å². The molecule has 0 bridgehead atoms. The molecular formula is C12H17NO. The van der Waals surface area contributed by atoms with Crippen LogP contribution in [0.1, 0.15) is 18.9 Å². The van der Waals surface area contributed by atoms with E-state index in [4.69, 9.17) is 4.74 Å². The molecule has 2 nitrogen and oxygen atoms in total. The smallest absolute Gasteiger partial charge is 0.124 e. The summed E-state index contributed by atoms with van der Waals surface area (Å²) in [6.45, 7) is 4.46. The van der Waals surface area contributed by atoms with Gasteiger partial charge in [0.2, 0.25) is 0 Å². The second kappa shape index (κ2) is 3.91. The average Bonchev–Trinajstić information content (AvgIpc) is 2.27. The summed E-state index contributed by atoms with van der Waals surface area (Å²) in [5.74, 6) is 1.04. The summed E-state index contributed by atoms with van der Waals surface area (Å²) in [5, 5.41) is 0. The molecule has 0 spiro atoms. The number of rotatable bonds is 2. The number of ether oxygens (including phenoxy) is 1. The summed E-state index contributed by atoms with van der Waals surface area (Å²) >= 11 is 0. The molecule has 2 rings (SSSR count). The number of anilines is 1. The van der Waals surface area contributed by atoms with Crippen LogP contribution in [0.15, 0.2) is 18.2 Å². The zero-order chi connectivity index (χ0) is 9.97. The maximum absolute atomic E-state index is 5.38. The first-order valence-corrected chi connectivity index (χ1v) is 5.27. The molecule has 0 N–H and O–H groups in total. The number of hydrogen-bond donors (Lipinski definition) is 0. The fourth-order valence-corrected chi connectivity index (χ4v) is 2.19. The molecule has 76 valence electrons. The van der Waals surface area contributed by atoms with E-state index in [9.17, 15) is 0 Å². The van der Waals surface area contributed by atoms with Crippen LogP contribution < -0.4 is 9.64 Å². The monoisotopic (exact) mass is 191 g/mol. The normalized spacial score (nSPS) is 15.1. The summed E-state index contributed by atoms with van der Waals surface area (Å²) in [4.78, 5) is 2.42. The molecule has 0 aliphatic carbocycles. The number of nitrogens with zero attached hydrogens (tertiary/aromatic N) is 1. The van der Waals surface area contributed by atoms with Crippen molar-refractivity contribution in [3.8, 4) is 5.75 Å². The average molecular weight is 191 g/mol. The van der Waals surface area contributed by atoms with Crippen LogP contribution in [0.25, 0.3) is 0 Å². The van der Waals surface area contributed by atoms with Gasteiger partial charge in [-0.3, -0.25) is 0 Å². The Bertz CT molecular complexity index is 322. The highest BCUT2D eigenvalue weighted by Crippen LogP contribution is 2.33. The van der Waals surface area contributed by atoms with E-state index < -0.39 is 0 Å². The predicted octanol–water partition coefficient (Wildman–Crippen LogP) is 2.47. The van der Waals surface area contributed by atoms with E-state index in [0.29, 0.717) is 0 Å². The first kappa shape index (κ1) is 9.38. The van der Waals surface area contributed by atoms with Crippen LogP contribution in [0.5, 0.6) is 5.75 Å². The van der Waals surface area contributed by atoms with Gasteiger partial charge in [0.15, 0.2) is 0 Å². The van der Waals surface area contributed by atoms with Crippen molar-refractivity contribution in [1.82, 2.24) is 0 Å². The van der Waals surface area contributed by atoms with Gasteiger partial charge < -0.3 is 9.64 Å². The molecule has 1 aromatic rings. The minimum Gasteiger partial charge on any atom is -0.496 e. The molecule has 1 heterocycles. The predicted molar refractivity (Wildman–Crippen MR) is 59.2 cm³/mol. The minimum absolute atomic E-state index is 1.04. The Morgan fingerprint density at radius 2 is 2.29 bits per heavy atom. The van der Waals surface area contributed by atoms with E-state index in [1.807, 2.05) is 0 Å². The molecule has 14 heavy (non-hydrogen) atoms. The molecule has 1 aromatic carbocycles. The summed E-state index contributed by atoms with van der Waals surface area (Å²) in [6.07, 6.45) is 2.39. The minimum atomic E-state index is 1.04. The van der Waals surface area contributed by atoms with Crippen LogP contribution in [-0.2, 0) is 6.42 Å². The summed E-state index contributed by atoms with van der Waals surface area (Å²) in [5.41, 5.74) is 2.74. The standard InChI is InChI=1S/C12H17NO/c1-3-13-9-5-6-10-11(13)7-4-8-12(10)14-2/h4,7-8H,3,5-6,9H2,1-2H3. The Balaban J connectivity index is 2.43. The third-order valence-electron chi connectivity index (χ3n) is 2.91. The maximum atomic E-state index is 5.38. The molecule has 1 aliphatic heterocycles. The number of hydrogen-bond acceptors (Lipinski definition) is 2. The van der Waals surface area contributed by atoms with Gasteiger partial charge in [0, 0.05) is 24.3 Å². The molecule has 0 fully saturated rings. The third-order valence-corrected chi connectivity index (χ3v) is 2.91. The van der Waals surface area contributed by atoms with Crippen molar-refractivity contribution in [3.63, 3.8) is 0 Å². The molecule has 2 heteroatoms. The van der Waals surface area contributed by atoms with Gasteiger partial charge in [-0.25, -0.2) is 0 Å². The zero-order valence-electron chi connectivity index (χ0n) is 8.92. The molecule has 0 unspecified atom stereocenters. The van der Waals surface area contributed by atoms with Crippen LogP contribution in [0.3, 0.4) is 0 Å². The lowest BCUT2D eigenvalue weighted by Gasteiger charge is -2.31. The quantitative estimate of drug-likeness (QED) is 0.712. The van der Waals surface area contributed by atoms with Crippen molar-refractivity contribution < 1.29 is 4.74 Å². The highest BCUT2D eigenvalue weighted by molar-refractivity contribution is 5.60. The Kier molecular flexibility index (Phi) is 2.62. The summed E-state index contributed by atoms with van der Waals surface area (Å²) in [6, 6.07) is 6.32. The van der Waals surface area contributed by atoms with E-state index in [1.54, 1.807) is 7.11 Å².